The van der Waals surface area contributed by atoms with Crippen molar-refractivity contribution in [3.8, 4) is 0 Å². The first kappa shape index (κ1) is 22.7. The molecule has 0 heterocycles. The largest absolute Gasteiger partial charge is 0.453 e. The molecule has 3 nitrogen and oxygen atoms in total. The van der Waals surface area contributed by atoms with E-state index in [-0.39, 0.29) is 13.0 Å². The molecule has 0 bridgehead atoms. The molecule has 0 aliphatic rings. The van der Waals surface area contributed by atoms with Crippen LogP contribution in [0.2, 0.25) is 0 Å². The number of hydrogen-bond acceptors (Lipinski definition) is 3. The Bertz CT molecular complexity index is 362. The summed E-state index contributed by atoms with van der Waals surface area (Å²) in [4.78, 5) is 0. The minimum Gasteiger partial charge on any atom is -0.372 e. The highest BCUT2D eigenvalue weighted by Crippen LogP contribution is 2.42. The van der Waals surface area contributed by atoms with Crippen molar-refractivity contribution >= 4 is 15.9 Å². The molecule has 0 amide bonds. The van der Waals surface area contributed by atoms with Crippen LogP contribution in [0, 0.1) is 0 Å². The summed E-state index contributed by atoms with van der Waals surface area (Å²) in [7, 11) is 0. The lowest BCUT2D eigenvalue weighted by Gasteiger charge is -2.30. The molecule has 0 radical (unpaired) electrons. The highest BCUT2D eigenvalue weighted by molar-refractivity contribution is 9.09. The summed E-state index contributed by atoms with van der Waals surface area (Å²) in [5.41, 5.74) is 0. The molecule has 23 heavy (non-hydrogen) atoms. The maximum Gasteiger partial charge on any atom is 0.453 e. The minimum absolute atomic E-state index is 0.168. The Labute approximate surface area is 131 Å². The molecule has 14 heteroatoms. The maximum absolute atomic E-state index is 12.9. The molecule has 0 fully saturated rings. The molecule has 0 aromatic rings. The van der Waals surface area contributed by atoms with Crippen molar-refractivity contribution in [2.75, 3.05) is 18.5 Å². The second-order valence-electron chi connectivity index (χ2n) is 3.84. The average Bonchev–Trinajstić information content (AvgIpc) is 2.31. The van der Waals surface area contributed by atoms with Gasteiger partial charge in [-0.25, -0.2) is 9.13 Å². The summed E-state index contributed by atoms with van der Waals surface area (Å²) in [6.45, 7) is -2.26. The van der Waals surface area contributed by atoms with Crippen molar-refractivity contribution in [1.29, 1.82) is 0 Å². The number of ether oxygens (including phenoxy) is 3. The highest BCUT2D eigenvalue weighted by atomic mass is 79.9. The van der Waals surface area contributed by atoms with Gasteiger partial charge in [0.05, 0.1) is 0 Å². The second kappa shape index (κ2) is 8.16. The van der Waals surface area contributed by atoms with Gasteiger partial charge in [0.15, 0.2) is 0 Å². The van der Waals surface area contributed by atoms with E-state index < -0.39 is 37.5 Å². The van der Waals surface area contributed by atoms with Gasteiger partial charge < -0.3 is 4.74 Å². The Morgan fingerprint density at radius 1 is 0.870 bits per heavy atom. The molecule has 0 rings (SSSR count). The van der Waals surface area contributed by atoms with Crippen LogP contribution in [0.25, 0.3) is 0 Å². The van der Waals surface area contributed by atoms with E-state index in [1.54, 1.807) is 0 Å². The van der Waals surface area contributed by atoms with Crippen LogP contribution >= 0.6 is 15.9 Å². The van der Waals surface area contributed by atoms with Crippen molar-refractivity contribution in [1.82, 2.24) is 0 Å². The van der Waals surface area contributed by atoms with Gasteiger partial charge >= 0.3 is 24.5 Å². The molecule has 1 unspecified atom stereocenters. The van der Waals surface area contributed by atoms with Gasteiger partial charge in [0.25, 0.3) is 6.36 Å². The Balaban J connectivity index is 4.80. The summed E-state index contributed by atoms with van der Waals surface area (Å²) in [5.74, 6) is 0. The molecule has 0 aliphatic heterocycles. The third-order valence-corrected chi connectivity index (χ3v) is 2.38. The van der Waals surface area contributed by atoms with E-state index in [1.165, 1.54) is 0 Å². The summed E-state index contributed by atoms with van der Waals surface area (Å²) in [6.07, 6.45) is -28.3. The molecule has 0 spiro atoms. The van der Waals surface area contributed by atoms with Crippen LogP contribution < -0.4 is 0 Å². The predicted molar refractivity (Wildman–Crippen MR) is 57.2 cm³/mol. The van der Waals surface area contributed by atoms with Crippen LogP contribution in [-0.4, -0.2) is 49.4 Å². The Morgan fingerprint density at radius 2 is 1.39 bits per heavy atom. The van der Waals surface area contributed by atoms with E-state index >= 15 is 0 Å². The smallest absolute Gasteiger partial charge is 0.372 e. The van der Waals surface area contributed by atoms with Crippen molar-refractivity contribution in [3.05, 3.63) is 0 Å². The maximum atomic E-state index is 12.9. The van der Waals surface area contributed by atoms with Crippen molar-refractivity contribution in [3.63, 3.8) is 0 Å². The van der Waals surface area contributed by atoms with Gasteiger partial charge in [-0.2, -0.15) is 39.5 Å². The van der Waals surface area contributed by atoms with Crippen LogP contribution in [0.5, 0.6) is 0 Å². The first-order valence-electron chi connectivity index (χ1n) is 5.50. The van der Waals surface area contributed by atoms with E-state index in [0.29, 0.717) is 5.33 Å². The monoisotopic (exact) mass is 434 g/mol. The zero-order valence-electron chi connectivity index (χ0n) is 10.8. The van der Waals surface area contributed by atoms with Gasteiger partial charge in [-0.05, 0) is 6.42 Å². The molecule has 0 aromatic heterocycles. The van der Waals surface area contributed by atoms with E-state index in [9.17, 15) is 43.9 Å². The van der Waals surface area contributed by atoms with Gasteiger partial charge in [0, 0.05) is 11.9 Å². The van der Waals surface area contributed by atoms with Crippen LogP contribution in [0.1, 0.15) is 6.42 Å². The fraction of sp³-hybridized carbons (Fsp3) is 1.00. The first-order valence-corrected chi connectivity index (χ1v) is 6.63. The third-order valence-electron chi connectivity index (χ3n) is 1.82. The predicted octanol–water partition coefficient (Wildman–Crippen LogP) is 4.46. The topological polar surface area (TPSA) is 27.7 Å². The van der Waals surface area contributed by atoms with Crippen LogP contribution in [0.4, 0.5) is 43.9 Å². The van der Waals surface area contributed by atoms with E-state index in [1.807, 2.05) is 0 Å². The lowest BCUT2D eigenvalue weighted by Crippen LogP contribution is -2.52. The Morgan fingerprint density at radius 3 is 1.83 bits per heavy atom. The standard InChI is InChI=1S/C9H9BrF10O3/c10-2-1-3-21-4-6(12,13)23-9(19,20)8(17,18)22-5(11)7(14,15)16/h5H,1-4H2. The molecule has 140 valence electrons. The molecular formula is C9H9BrF10O3. The molecule has 0 saturated heterocycles. The van der Waals surface area contributed by atoms with Crippen LogP contribution in [0.15, 0.2) is 0 Å². The number of halogens is 11. The van der Waals surface area contributed by atoms with Gasteiger partial charge in [0.1, 0.15) is 6.61 Å². The Hall–Kier alpha value is -0.340. The summed E-state index contributed by atoms with van der Waals surface area (Å²) in [6, 6.07) is 0. The zero-order valence-corrected chi connectivity index (χ0v) is 12.4. The normalized spacial score (nSPS) is 15.8. The quantitative estimate of drug-likeness (QED) is 0.288. The van der Waals surface area contributed by atoms with E-state index in [0.717, 1.165) is 0 Å². The fourth-order valence-electron chi connectivity index (χ4n) is 0.889. The van der Waals surface area contributed by atoms with Crippen molar-refractivity contribution < 1.29 is 58.1 Å². The van der Waals surface area contributed by atoms with Gasteiger partial charge in [0.2, 0.25) is 0 Å². The fourth-order valence-corrected chi connectivity index (χ4v) is 1.12. The molecule has 0 aromatic carbocycles. The van der Waals surface area contributed by atoms with E-state index in [2.05, 4.69) is 30.1 Å². The van der Waals surface area contributed by atoms with Crippen molar-refractivity contribution in [2.24, 2.45) is 0 Å². The van der Waals surface area contributed by atoms with Gasteiger partial charge in [-0.1, -0.05) is 15.9 Å². The SMILES string of the molecule is FC(OC(F)(F)C(F)(F)OC(F)(F)COCCCBr)C(F)(F)F. The molecular weight excluding hydrogens is 426 g/mol. The van der Waals surface area contributed by atoms with Gasteiger partial charge in [-0.15, -0.1) is 0 Å². The summed E-state index contributed by atoms with van der Waals surface area (Å²) in [5, 5.41) is 0.302. The lowest BCUT2D eigenvalue weighted by atomic mass is 10.5. The minimum atomic E-state index is -6.32. The zero-order chi connectivity index (χ0) is 18.5. The third kappa shape index (κ3) is 7.85. The Kier molecular flexibility index (Phi) is 8.04. The summed E-state index contributed by atoms with van der Waals surface area (Å²) < 4.78 is 133. The van der Waals surface area contributed by atoms with Crippen molar-refractivity contribution in [2.45, 2.75) is 37.3 Å². The molecule has 0 saturated carbocycles. The van der Waals surface area contributed by atoms with E-state index in [4.69, 9.17) is 0 Å². The number of alkyl halides is 11. The highest BCUT2D eigenvalue weighted by Gasteiger charge is 2.67. The summed E-state index contributed by atoms with van der Waals surface area (Å²) >= 11 is 2.88. The first-order chi connectivity index (χ1) is 10.1. The lowest BCUT2D eigenvalue weighted by molar-refractivity contribution is -0.503. The average molecular weight is 435 g/mol. The molecule has 0 N–H and O–H groups in total. The molecule has 1 atom stereocenters. The van der Waals surface area contributed by atoms with Crippen LogP contribution in [-0.2, 0) is 14.2 Å². The molecule has 0 aliphatic carbocycles. The number of hydrogen-bond donors (Lipinski definition) is 0. The second-order valence-corrected chi connectivity index (χ2v) is 4.64. The number of rotatable bonds is 10. The van der Waals surface area contributed by atoms with Crippen LogP contribution in [0.3, 0.4) is 0 Å². The van der Waals surface area contributed by atoms with Gasteiger partial charge in [-0.3, -0.25) is 4.74 Å².